The van der Waals surface area contributed by atoms with Gasteiger partial charge in [-0.15, -0.1) is 0 Å². The maximum Gasteiger partial charge on any atom is 0.345 e. The lowest BCUT2D eigenvalue weighted by molar-refractivity contribution is -0.140. The topological polar surface area (TPSA) is 72.8 Å². The van der Waals surface area contributed by atoms with Gasteiger partial charge in [0.1, 0.15) is 5.33 Å². The van der Waals surface area contributed by atoms with Crippen molar-refractivity contribution < 1.29 is 19.2 Å². The number of halogens is 1. The van der Waals surface area contributed by atoms with Crippen molar-refractivity contribution in [1.29, 1.82) is 0 Å². The Morgan fingerprint density at radius 3 is 2.24 bits per heavy atom. The van der Waals surface area contributed by atoms with Crippen molar-refractivity contribution >= 4 is 39.2 Å². The maximum absolute atomic E-state index is 11.9. The third-order valence-electron chi connectivity index (χ3n) is 3.25. The molecule has 0 spiro atoms. The molecule has 6 heteroatoms. The van der Waals surface area contributed by atoms with Crippen molar-refractivity contribution in [2.24, 2.45) is 17.0 Å². The first-order valence-electron chi connectivity index (χ1n) is 5.57. The van der Waals surface area contributed by atoms with Gasteiger partial charge in [-0.1, -0.05) is 33.9 Å². The monoisotopic (exact) mass is 301 g/mol. The summed E-state index contributed by atoms with van der Waals surface area (Å²) in [7, 11) is 0. The first-order valence-corrected chi connectivity index (χ1v) is 6.69. The van der Waals surface area contributed by atoms with Gasteiger partial charge >= 0.3 is 5.97 Å². The molecule has 92 valence electrons. The Bertz CT molecular complexity index is 378. The number of ketones is 2. The molecule has 0 heterocycles. The SMILES string of the molecule is O=C(CBr)ON=C1C(=O)C2CCCCC2C1=O. The van der Waals surface area contributed by atoms with Crippen LogP contribution >= 0.6 is 15.9 Å². The predicted octanol–water partition coefficient (Wildman–Crippen LogP) is 1.24. The zero-order valence-corrected chi connectivity index (χ0v) is 10.7. The van der Waals surface area contributed by atoms with Crippen LogP contribution < -0.4 is 0 Å². The van der Waals surface area contributed by atoms with Gasteiger partial charge in [0.15, 0.2) is 17.3 Å². The minimum atomic E-state index is -0.618. The van der Waals surface area contributed by atoms with E-state index in [0.717, 1.165) is 25.7 Å². The Morgan fingerprint density at radius 1 is 1.24 bits per heavy atom. The minimum Gasteiger partial charge on any atom is -0.316 e. The third kappa shape index (κ3) is 2.31. The summed E-state index contributed by atoms with van der Waals surface area (Å²) in [6.07, 6.45) is 3.41. The molecule has 2 atom stereocenters. The standard InChI is InChI=1S/C11H12BrNO4/c12-5-8(14)17-13-9-10(15)6-3-1-2-4-7(6)11(9)16/h6-7H,1-5H2. The maximum atomic E-state index is 11.9. The Kier molecular flexibility index (Phi) is 3.71. The summed E-state index contributed by atoms with van der Waals surface area (Å²) in [5.74, 6) is -1.62. The number of hydrogen-bond donors (Lipinski definition) is 0. The number of nitrogens with zero attached hydrogens (tertiary/aromatic N) is 1. The molecule has 0 aromatic rings. The van der Waals surface area contributed by atoms with E-state index >= 15 is 0 Å². The zero-order valence-electron chi connectivity index (χ0n) is 9.15. The summed E-state index contributed by atoms with van der Waals surface area (Å²) >= 11 is 2.90. The number of alkyl halides is 1. The summed E-state index contributed by atoms with van der Waals surface area (Å²) in [6.45, 7) is 0. The second-order valence-corrected chi connectivity index (χ2v) is 4.82. The summed E-state index contributed by atoms with van der Waals surface area (Å²) < 4.78 is 0. The number of rotatable bonds is 2. The molecule has 0 aromatic carbocycles. The average molecular weight is 302 g/mol. The van der Waals surface area contributed by atoms with E-state index in [1.165, 1.54) is 0 Å². The summed E-state index contributed by atoms with van der Waals surface area (Å²) in [4.78, 5) is 39.2. The molecule has 0 amide bonds. The highest BCUT2D eigenvalue weighted by Gasteiger charge is 2.48. The van der Waals surface area contributed by atoms with Crippen molar-refractivity contribution in [2.45, 2.75) is 25.7 Å². The highest BCUT2D eigenvalue weighted by atomic mass is 79.9. The second kappa shape index (κ2) is 5.08. The van der Waals surface area contributed by atoms with Crippen LogP contribution in [0.3, 0.4) is 0 Å². The fraction of sp³-hybridized carbons (Fsp3) is 0.636. The van der Waals surface area contributed by atoms with E-state index < -0.39 is 5.97 Å². The molecule has 0 aliphatic heterocycles. The second-order valence-electron chi connectivity index (χ2n) is 4.26. The molecule has 0 aromatic heterocycles. The smallest absolute Gasteiger partial charge is 0.316 e. The lowest BCUT2D eigenvalue weighted by Gasteiger charge is -2.20. The fourth-order valence-electron chi connectivity index (χ4n) is 2.44. The van der Waals surface area contributed by atoms with E-state index in [9.17, 15) is 14.4 Å². The largest absolute Gasteiger partial charge is 0.345 e. The Balaban J connectivity index is 2.15. The van der Waals surface area contributed by atoms with Crippen LogP contribution in [0.4, 0.5) is 0 Å². The van der Waals surface area contributed by atoms with Crippen LogP contribution in [-0.4, -0.2) is 28.6 Å². The van der Waals surface area contributed by atoms with Crippen LogP contribution in [0.15, 0.2) is 5.16 Å². The molecule has 17 heavy (non-hydrogen) atoms. The molecule has 0 saturated heterocycles. The van der Waals surface area contributed by atoms with Gasteiger partial charge in [-0.05, 0) is 12.8 Å². The lowest BCUT2D eigenvalue weighted by atomic mass is 9.81. The fourth-order valence-corrected chi connectivity index (χ4v) is 2.54. The predicted molar refractivity (Wildman–Crippen MR) is 62.8 cm³/mol. The molecule has 2 rings (SSSR count). The molecule has 0 N–H and O–H groups in total. The number of hydrogen-bond acceptors (Lipinski definition) is 5. The molecule has 2 aliphatic carbocycles. The normalized spacial score (nSPS) is 27.9. The molecule has 5 nitrogen and oxygen atoms in total. The molecule has 0 bridgehead atoms. The first kappa shape index (κ1) is 12.4. The van der Waals surface area contributed by atoms with Crippen LogP contribution in [-0.2, 0) is 19.2 Å². The summed E-state index contributed by atoms with van der Waals surface area (Å²) in [5.41, 5.74) is -0.184. The van der Waals surface area contributed by atoms with Crippen LogP contribution in [0.1, 0.15) is 25.7 Å². The Labute approximate surface area is 107 Å². The van der Waals surface area contributed by atoms with Crippen molar-refractivity contribution in [2.75, 3.05) is 5.33 Å². The van der Waals surface area contributed by atoms with Gasteiger partial charge in [0.25, 0.3) is 0 Å². The van der Waals surface area contributed by atoms with Gasteiger partial charge in [0.05, 0.1) is 0 Å². The van der Waals surface area contributed by atoms with E-state index in [-0.39, 0.29) is 34.4 Å². The summed E-state index contributed by atoms with van der Waals surface area (Å²) in [6, 6.07) is 0. The quantitative estimate of drug-likeness (QED) is 0.437. The first-order chi connectivity index (χ1) is 8.15. The highest BCUT2D eigenvalue weighted by Crippen LogP contribution is 2.36. The van der Waals surface area contributed by atoms with Gasteiger partial charge in [-0.2, -0.15) is 0 Å². The molecule has 2 fully saturated rings. The molecule has 0 radical (unpaired) electrons. The lowest BCUT2D eigenvalue weighted by Crippen LogP contribution is -2.21. The summed E-state index contributed by atoms with van der Waals surface area (Å²) in [5, 5.41) is 3.40. The number of carbonyl (C=O) groups excluding carboxylic acids is 3. The van der Waals surface area contributed by atoms with Gasteiger partial charge < -0.3 is 4.84 Å². The van der Waals surface area contributed by atoms with E-state index in [1.54, 1.807) is 0 Å². The Morgan fingerprint density at radius 2 is 1.76 bits per heavy atom. The van der Waals surface area contributed by atoms with E-state index in [0.29, 0.717) is 0 Å². The number of Topliss-reactive ketones (excluding diaryl/α,β-unsaturated/α-hetero) is 2. The van der Waals surface area contributed by atoms with Crippen molar-refractivity contribution in [3.63, 3.8) is 0 Å². The zero-order chi connectivity index (χ0) is 12.4. The molecular weight excluding hydrogens is 290 g/mol. The molecule has 2 unspecified atom stereocenters. The van der Waals surface area contributed by atoms with Crippen LogP contribution in [0.25, 0.3) is 0 Å². The van der Waals surface area contributed by atoms with Crippen LogP contribution in [0.2, 0.25) is 0 Å². The van der Waals surface area contributed by atoms with Gasteiger partial charge in [-0.25, -0.2) is 4.79 Å². The highest BCUT2D eigenvalue weighted by molar-refractivity contribution is 9.09. The molecular formula is C11H12BrNO4. The minimum absolute atomic E-state index is 0.0149. The molecule has 2 saturated carbocycles. The molecule has 2 aliphatic rings. The van der Waals surface area contributed by atoms with Crippen molar-refractivity contribution in [3.8, 4) is 0 Å². The van der Waals surface area contributed by atoms with E-state index in [1.807, 2.05) is 0 Å². The van der Waals surface area contributed by atoms with E-state index in [4.69, 9.17) is 0 Å². The Hall–Kier alpha value is -1.04. The van der Waals surface area contributed by atoms with Gasteiger partial charge in [0.2, 0.25) is 0 Å². The van der Waals surface area contributed by atoms with Gasteiger partial charge in [0, 0.05) is 11.8 Å². The van der Waals surface area contributed by atoms with Crippen molar-refractivity contribution in [3.05, 3.63) is 0 Å². The number of carbonyl (C=O) groups is 3. The number of oxime groups is 1. The van der Waals surface area contributed by atoms with Gasteiger partial charge in [-0.3, -0.25) is 9.59 Å². The third-order valence-corrected chi connectivity index (χ3v) is 3.71. The van der Waals surface area contributed by atoms with E-state index in [2.05, 4.69) is 25.9 Å². The van der Waals surface area contributed by atoms with Crippen LogP contribution in [0, 0.1) is 11.8 Å². The van der Waals surface area contributed by atoms with Crippen molar-refractivity contribution in [1.82, 2.24) is 0 Å². The number of fused-ring (bicyclic) bond motifs is 1. The average Bonchev–Trinajstić information content (AvgIpc) is 2.60. The van der Waals surface area contributed by atoms with Crippen LogP contribution in [0.5, 0.6) is 0 Å².